The maximum absolute atomic E-state index is 12.8. The van der Waals surface area contributed by atoms with Gasteiger partial charge in [0.25, 0.3) is 5.91 Å². The molecule has 0 bridgehead atoms. The summed E-state index contributed by atoms with van der Waals surface area (Å²) in [5, 5.41) is 2.54. The lowest BCUT2D eigenvalue weighted by Crippen LogP contribution is -2.43. The molecule has 2 atom stereocenters. The van der Waals surface area contributed by atoms with E-state index in [0.717, 1.165) is 25.7 Å². The number of nitrogens with one attached hydrogen (secondary N) is 2. The van der Waals surface area contributed by atoms with E-state index in [1.54, 1.807) is 0 Å². The summed E-state index contributed by atoms with van der Waals surface area (Å²) in [6, 6.07) is 5.10. The van der Waals surface area contributed by atoms with Gasteiger partial charge < -0.3 is 5.32 Å². The van der Waals surface area contributed by atoms with Crippen LogP contribution in [-0.2, 0) is 10.0 Å². The summed E-state index contributed by atoms with van der Waals surface area (Å²) in [5.74, 6) is -0.656. The molecule has 0 heterocycles. The Labute approximate surface area is 136 Å². The first-order valence-electron chi connectivity index (χ1n) is 7.91. The van der Waals surface area contributed by atoms with Crippen LogP contribution in [0.1, 0.15) is 43.0 Å². The van der Waals surface area contributed by atoms with Crippen LogP contribution in [0.25, 0.3) is 0 Å². The lowest BCUT2D eigenvalue weighted by atomic mass is 9.87. The minimum atomic E-state index is -3.42. The van der Waals surface area contributed by atoms with E-state index in [9.17, 15) is 17.6 Å². The summed E-state index contributed by atoms with van der Waals surface area (Å²) in [7, 11) is -3.42. The zero-order valence-corrected chi connectivity index (χ0v) is 14.0. The number of sulfonamides is 1. The Morgan fingerprint density at radius 3 is 2.52 bits per heavy atom. The molecule has 1 amide bonds. The Hall–Kier alpha value is -1.47. The lowest BCUT2D eigenvalue weighted by Gasteiger charge is -2.29. The topological polar surface area (TPSA) is 75.3 Å². The van der Waals surface area contributed by atoms with Gasteiger partial charge in [-0.3, -0.25) is 4.79 Å². The Bertz CT molecular complexity index is 631. The maximum atomic E-state index is 12.8. The predicted octanol–water partition coefficient (Wildman–Crippen LogP) is 2.05. The maximum Gasteiger partial charge on any atom is 0.251 e. The second-order valence-electron chi connectivity index (χ2n) is 6.07. The molecule has 1 aromatic rings. The van der Waals surface area contributed by atoms with Crippen molar-refractivity contribution in [3.63, 3.8) is 0 Å². The molecule has 1 saturated carbocycles. The summed E-state index contributed by atoms with van der Waals surface area (Å²) >= 11 is 0. The van der Waals surface area contributed by atoms with Crippen molar-refractivity contribution in [2.75, 3.05) is 12.3 Å². The van der Waals surface area contributed by atoms with Crippen LogP contribution < -0.4 is 10.0 Å². The first-order valence-corrected chi connectivity index (χ1v) is 9.56. The summed E-state index contributed by atoms with van der Waals surface area (Å²) in [6.07, 6.45) is 4.09. The summed E-state index contributed by atoms with van der Waals surface area (Å²) in [6.45, 7) is 2.08. The molecule has 0 spiro atoms. The van der Waals surface area contributed by atoms with Crippen LogP contribution in [0.3, 0.4) is 0 Å². The van der Waals surface area contributed by atoms with Gasteiger partial charge in [0.1, 0.15) is 5.82 Å². The smallest absolute Gasteiger partial charge is 0.251 e. The number of carbonyl (C=O) groups excluding carboxylic acids is 1. The summed E-state index contributed by atoms with van der Waals surface area (Å²) in [5.41, 5.74) is 0.303. The van der Waals surface area contributed by atoms with Crippen molar-refractivity contribution in [1.82, 2.24) is 10.0 Å². The Morgan fingerprint density at radius 2 is 1.87 bits per heavy atom. The highest BCUT2D eigenvalue weighted by Crippen LogP contribution is 2.24. The molecule has 1 aromatic carbocycles. The number of carbonyl (C=O) groups is 1. The van der Waals surface area contributed by atoms with Crippen molar-refractivity contribution in [3.8, 4) is 0 Å². The number of amides is 1. The monoisotopic (exact) mass is 342 g/mol. The molecular weight excluding hydrogens is 319 g/mol. The molecule has 0 aliphatic heterocycles. The van der Waals surface area contributed by atoms with Gasteiger partial charge in [-0.05, 0) is 43.0 Å². The summed E-state index contributed by atoms with van der Waals surface area (Å²) in [4.78, 5) is 11.8. The van der Waals surface area contributed by atoms with E-state index in [0.29, 0.717) is 11.5 Å². The van der Waals surface area contributed by atoms with Gasteiger partial charge >= 0.3 is 0 Å². The third-order valence-electron chi connectivity index (χ3n) is 4.21. The van der Waals surface area contributed by atoms with Gasteiger partial charge in [-0.25, -0.2) is 17.5 Å². The van der Waals surface area contributed by atoms with Crippen molar-refractivity contribution in [1.29, 1.82) is 0 Å². The Morgan fingerprint density at radius 1 is 1.22 bits per heavy atom. The SMILES string of the molecule is C[C@@H]1CCCC[C@@H]1NS(=O)(=O)CCNC(=O)c1ccc(F)cc1. The summed E-state index contributed by atoms with van der Waals surface area (Å²) < 4.78 is 39.7. The molecule has 0 unspecified atom stereocenters. The van der Waals surface area contributed by atoms with Crippen molar-refractivity contribution < 1.29 is 17.6 Å². The fourth-order valence-corrected chi connectivity index (χ4v) is 4.08. The lowest BCUT2D eigenvalue weighted by molar-refractivity contribution is 0.0956. The van der Waals surface area contributed by atoms with Crippen LogP contribution in [-0.4, -0.2) is 32.7 Å². The van der Waals surface area contributed by atoms with Crippen LogP contribution in [0.5, 0.6) is 0 Å². The highest BCUT2D eigenvalue weighted by molar-refractivity contribution is 7.89. The second-order valence-corrected chi connectivity index (χ2v) is 7.94. The average molecular weight is 342 g/mol. The van der Waals surface area contributed by atoms with Gasteiger partial charge in [-0.1, -0.05) is 19.8 Å². The van der Waals surface area contributed by atoms with E-state index in [1.165, 1.54) is 24.3 Å². The minimum Gasteiger partial charge on any atom is -0.351 e. The molecular formula is C16H23FN2O3S. The number of benzene rings is 1. The van der Waals surface area contributed by atoms with Crippen LogP contribution in [0.15, 0.2) is 24.3 Å². The quantitative estimate of drug-likeness (QED) is 0.831. The van der Waals surface area contributed by atoms with Crippen LogP contribution in [0.2, 0.25) is 0 Å². The first kappa shape index (κ1) is 17.9. The molecule has 1 fully saturated rings. The molecule has 0 saturated heterocycles. The molecule has 5 nitrogen and oxygen atoms in total. The van der Waals surface area contributed by atoms with E-state index in [-0.39, 0.29) is 18.3 Å². The van der Waals surface area contributed by atoms with Gasteiger partial charge in [0.15, 0.2) is 0 Å². The van der Waals surface area contributed by atoms with E-state index < -0.39 is 21.7 Å². The Balaban J connectivity index is 1.80. The van der Waals surface area contributed by atoms with Gasteiger partial charge in [0, 0.05) is 18.2 Å². The van der Waals surface area contributed by atoms with Gasteiger partial charge in [-0.15, -0.1) is 0 Å². The molecule has 2 N–H and O–H groups in total. The zero-order valence-electron chi connectivity index (χ0n) is 13.2. The third kappa shape index (κ3) is 5.58. The predicted molar refractivity (Wildman–Crippen MR) is 87.1 cm³/mol. The molecule has 0 aromatic heterocycles. The molecule has 1 aliphatic carbocycles. The molecule has 0 radical (unpaired) electrons. The number of halogens is 1. The van der Waals surface area contributed by atoms with E-state index >= 15 is 0 Å². The zero-order chi connectivity index (χ0) is 16.9. The number of rotatable bonds is 6. The second kappa shape index (κ2) is 7.88. The average Bonchev–Trinajstić information content (AvgIpc) is 2.50. The van der Waals surface area contributed by atoms with Crippen LogP contribution in [0.4, 0.5) is 4.39 Å². The highest BCUT2D eigenvalue weighted by atomic mass is 32.2. The fourth-order valence-electron chi connectivity index (χ4n) is 2.78. The van der Waals surface area contributed by atoms with Gasteiger partial charge in [0.05, 0.1) is 5.75 Å². The fraction of sp³-hybridized carbons (Fsp3) is 0.562. The molecule has 2 rings (SSSR count). The van der Waals surface area contributed by atoms with Crippen molar-refractivity contribution in [3.05, 3.63) is 35.6 Å². The third-order valence-corrected chi connectivity index (χ3v) is 5.61. The normalized spacial score (nSPS) is 21.8. The van der Waals surface area contributed by atoms with Crippen LogP contribution >= 0.6 is 0 Å². The molecule has 1 aliphatic rings. The van der Waals surface area contributed by atoms with E-state index in [1.807, 2.05) is 0 Å². The van der Waals surface area contributed by atoms with Crippen LogP contribution in [0, 0.1) is 11.7 Å². The largest absolute Gasteiger partial charge is 0.351 e. The number of hydrogen-bond acceptors (Lipinski definition) is 3. The molecule has 128 valence electrons. The molecule has 7 heteroatoms. The van der Waals surface area contributed by atoms with E-state index in [4.69, 9.17) is 0 Å². The van der Waals surface area contributed by atoms with Gasteiger partial charge in [0.2, 0.25) is 10.0 Å². The van der Waals surface area contributed by atoms with E-state index in [2.05, 4.69) is 17.0 Å². The van der Waals surface area contributed by atoms with Crippen molar-refractivity contribution in [2.24, 2.45) is 5.92 Å². The van der Waals surface area contributed by atoms with Crippen molar-refractivity contribution in [2.45, 2.75) is 38.6 Å². The highest BCUT2D eigenvalue weighted by Gasteiger charge is 2.25. The Kier molecular flexibility index (Phi) is 6.12. The minimum absolute atomic E-state index is 0.0125. The molecule has 23 heavy (non-hydrogen) atoms. The van der Waals surface area contributed by atoms with Gasteiger partial charge in [-0.2, -0.15) is 0 Å². The first-order chi connectivity index (χ1) is 10.9. The van der Waals surface area contributed by atoms with Crippen molar-refractivity contribution >= 4 is 15.9 Å². The standard InChI is InChI=1S/C16H23FN2O3S/c1-12-4-2-3-5-15(12)19-23(21,22)11-10-18-16(20)13-6-8-14(17)9-7-13/h6-9,12,15,19H,2-5,10-11H2,1H3,(H,18,20)/t12-,15+/m1/s1. The number of hydrogen-bond donors (Lipinski definition) is 2.